The maximum Gasteiger partial charge on any atom is 0.0690 e. The van der Waals surface area contributed by atoms with E-state index >= 15 is 0 Å². The van der Waals surface area contributed by atoms with Gasteiger partial charge in [-0.3, -0.25) is 4.90 Å². The van der Waals surface area contributed by atoms with Crippen molar-refractivity contribution < 1.29 is 5.11 Å². The number of aliphatic hydroxyl groups excluding tert-OH is 1. The van der Waals surface area contributed by atoms with Crippen molar-refractivity contribution >= 4 is 0 Å². The molecule has 0 saturated carbocycles. The van der Waals surface area contributed by atoms with Crippen LogP contribution in [0.1, 0.15) is 40.0 Å². The summed E-state index contributed by atoms with van der Waals surface area (Å²) in [4.78, 5) is 2.43. The lowest BCUT2D eigenvalue weighted by Crippen LogP contribution is -2.39. The topological polar surface area (TPSA) is 23.5 Å². The smallest absolute Gasteiger partial charge is 0.0690 e. The molecule has 1 aliphatic rings. The summed E-state index contributed by atoms with van der Waals surface area (Å²) in [5.74, 6) is 0.867. The van der Waals surface area contributed by atoms with Crippen molar-refractivity contribution in [3.63, 3.8) is 0 Å². The molecule has 0 radical (unpaired) electrons. The molecular weight excluding hydrogens is 162 g/mol. The van der Waals surface area contributed by atoms with E-state index in [1.807, 2.05) is 0 Å². The first-order valence-corrected chi connectivity index (χ1v) is 5.61. The van der Waals surface area contributed by atoms with Gasteiger partial charge in [0.05, 0.1) is 6.10 Å². The van der Waals surface area contributed by atoms with E-state index in [9.17, 15) is 5.11 Å². The van der Waals surface area contributed by atoms with Crippen molar-refractivity contribution in [1.29, 1.82) is 0 Å². The fourth-order valence-corrected chi connectivity index (χ4v) is 2.15. The number of hydrogen-bond donors (Lipinski definition) is 1. The lowest BCUT2D eigenvalue weighted by molar-refractivity contribution is 0.0670. The normalized spacial score (nSPS) is 29.1. The number of nitrogens with zero attached hydrogens (tertiary/aromatic N) is 1. The summed E-state index contributed by atoms with van der Waals surface area (Å²) in [6.45, 7) is 8.82. The minimum Gasteiger partial charge on any atom is -0.392 e. The second-order valence-electron chi connectivity index (χ2n) is 4.27. The van der Waals surface area contributed by atoms with Gasteiger partial charge in [0.1, 0.15) is 0 Å². The third kappa shape index (κ3) is 2.68. The molecule has 13 heavy (non-hydrogen) atoms. The van der Waals surface area contributed by atoms with E-state index in [1.165, 1.54) is 25.9 Å². The average molecular weight is 185 g/mol. The van der Waals surface area contributed by atoms with E-state index in [-0.39, 0.29) is 6.10 Å². The summed E-state index contributed by atoms with van der Waals surface area (Å²) >= 11 is 0. The van der Waals surface area contributed by atoms with E-state index in [4.69, 9.17) is 0 Å². The molecule has 0 spiro atoms. The van der Waals surface area contributed by atoms with Crippen LogP contribution in [0.4, 0.5) is 0 Å². The van der Waals surface area contributed by atoms with E-state index in [2.05, 4.69) is 25.7 Å². The van der Waals surface area contributed by atoms with Gasteiger partial charge in [-0.05, 0) is 32.2 Å². The predicted molar refractivity (Wildman–Crippen MR) is 55.7 cm³/mol. The quantitative estimate of drug-likeness (QED) is 0.723. The number of aliphatic hydroxyl groups is 1. The summed E-state index contributed by atoms with van der Waals surface area (Å²) in [7, 11) is 0. The van der Waals surface area contributed by atoms with E-state index in [1.54, 1.807) is 0 Å². The Labute approximate surface area is 81.9 Å². The Kier molecular flexibility index (Phi) is 4.20. The highest BCUT2D eigenvalue weighted by Crippen LogP contribution is 2.22. The van der Waals surface area contributed by atoms with Gasteiger partial charge in [0, 0.05) is 12.6 Å². The molecule has 0 aliphatic carbocycles. The van der Waals surface area contributed by atoms with Gasteiger partial charge in [-0.25, -0.2) is 0 Å². The average Bonchev–Trinajstić information content (AvgIpc) is 2.63. The van der Waals surface area contributed by atoms with Gasteiger partial charge in [-0.1, -0.05) is 20.3 Å². The van der Waals surface area contributed by atoms with E-state index in [0.29, 0.717) is 6.04 Å². The fraction of sp³-hybridized carbons (Fsp3) is 1.00. The molecule has 1 heterocycles. The van der Waals surface area contributed by atoms with Gasteiger partial charge in [-0.15, -0.1) is 0 Å². The zero-order chi connectivity index (χ0) is 9.84. The van der Waals surface area contributed by atoms with Crippen LogP contribution in [0.3, 0.4) is 0 Å². The first-order chi connectivity index (χ1) is 6.19. The van der Waals surface area contributed by atoms with Crippen molar-refractivity contribution in [3.05, 3.63) is 0 Å². The summed E-state index contributed by atoms with van der Waals surface area (Å²) in [6.07, 6.45) is 3.33. The van der Waals surface area contributed by atoms with Crippen LogP contribution >= 0.6 is 0 Å². The molecular formula is C11H23NO. The zero-order valence-electron chi connectivity index (χ0n) is 9.16. The van der Waals surface area contributed by atoms with Crippen LogP contribution in [-0.4, -0.2) is 35.2 Å². The second-order valence-corrected chi connectivity index (χ2v) is 4.27. The molecule has 1 fully saturated rings. The summed E-state index contributed by atoms with van der Waals surface area (Å²) in [5, 5.41) is 9.70. The predicted octanol–water partition coefficient (Wildman–Crippen LogP) is 1.88. The Balaban J connectivity index is 2.36. The van der Waals surface area contributed by atoms with Crippen molar-refractivity contribution in [2.24, 2.45) is 5.92 Å². The third-order valence-corrected chi connectivity index (χ3v) is 3.45. The number of rotatable bonds is 4. The highest BCUT2D eigenvalue weighted by molar-refractivity contribution is 4.81. The molecule has 1 N–H and O–H groups in total. The van der Waals surface area contributed by atoms with Crippen LogP contribution < -0.4 is 0 Å². The monoisotopic (exact) mass is 185 g/mol. The van der Waals surface area contributed by atoms with Crippen molar-refractivity contribution in [2.75, 3.05) is 13.1 Å². The van der Waals surface area contributed by atoms with Crippen LogP contribution in [0.5, 0.6) is 0 Å². The van der Waals surface area contributed by atoms with Gasteiger partial charge in [0.2, 0.25) is 0 Å². The maximum absolute atomic E-state index is 9.70. The molecule has 0 aromatic rings. The fourth-order valence-electron chi connectivity index (χ4n) is 2.15. The molecule has 1 saturated heterocycles. The van der Waals surface area contributed by atoms with Gasteiger partial charge in [0.25, 0.3) is 0 Å². The van der Waals surface area contributed by atoms with Gasteiger partial charge < -0.3 is 5.11 Å². The molecule has 1 aliphatic heterocycles. The summed E-state index contributed by atoms with van der Waals surface area (Å²) < 4.78 is 0. The highest BCUT2D eigenvalue weighted by atomic mass is 16.3. The number of hydrogen-bond acceptors (Lipinski definition) is 2. The first-order valence-electron chi connectivity index (χ1n) is 5.61. The zero-order valence-corrected chi connectivity index (χ0v) is 9.16. The van der Waals surface area contributed by atoms with Crippen LogP contribution in [0.25, 0.3) is 0 Å². The molecule has 3 atom stereocenters. The molecule has 78 valence electrons. The van der Waals surface area contributed by atoms with Gasteiger partial charge in [-0.2, -0.15) is 0 Å². The van der Waals surface area contributed by atoms with Crippen LogP contribution in [0.15, 0.2) is 0 Å². The van der Waals surface area contributed by atoms with Crippen molar-refractivity contribution in [3.8, 4) is 0 Å². The van der Waals surface area contributed by atoms with Crippen molar-refractivity contribution in [1.82, 2.24) is 4.90 Å². The van der Waals surface area contributed by atoms with E-state index in [0.717, 1.165) is 12.3 Å². The first kappa shape index (κ1) is 11.0. The largest absolute Gasteiger partial charge is 0.392 e. The van der Waals surface area contributed by atoms with Gasteiger partial charge in [0.15, 0.2) is 0 Å². The molecule has 0 bridgehead atoms. The van der Waals surface area contributed by atoms with Crippen LogP contribution in [0, 0.1) is 5.92 Å². The van der Waals surface area contributed by atoms with Crippen molar-refractivity contribution in [2.45, 2.75) is 52.2 Å². The minimum absolute atomic E-state index is 0.143. The summed E-state index contributed by atoms with van der Waals surface area (Å²) in [5.41, 5.74) is 0. The molecule has 2 heteroatoms. The lowest BCUT2D eigenvalue weighted by Gasteiger charge is -2.28. The molecule has 2 nitrogen and oxygen atoms in total. The molecule has 1 rings (SSSR count). The molecule has 0 aromatic carbocycles. The summed E-state index contributed by atoms with van der Waals surface area (Å²) in [6, 6.07) is 0.349. The molecule has 3 unspecified atom stereocenters. The molecule has 0 amide bonds. The Hall–Kier alpha value is -0.0800. The Bertz CT molecular complexity index is 149. The Morgan fingerprint density at radius 3 is 2.62 bits per heavy atom. The Morgan fingerprint density at radius 2 is 2.15 bits per heavy atom. The minimum atomic E-state index is -0.143. The standard InChI is InChI=1S/C11H23NO/c1-4-10-6-7-12(8-10)9(3)11(13)5-2/h9-11,13H,4-8H2,1-3H3. The van der Waals surface area contributed by atoms with Crippen LogP contribution in [0.2, 0.25) is 0 Å². The number of likely N-dealkylation sites (tertiary alicyclic amines) is 1. The Morgan fingerprint density at radius 1 is 1.46 bits per heavy atom. The highest BCUT2D eigenvalue weighted by Gasteiger charge is 2.27. The van der Waals surface area contributed by atoms with Gasteiger partial charge >= 0.3 is 0 Å². The maximum atomic E-state index is 9.70. The lowest BCUT2D eigenvalue weighted by atomic mass is 10.1. The third-order valence-electron chi connectivity index (χ3n) is 3.45. The molecule has 0 aromatic heterocycles. The second kappa shape index (κ2) is 4.97. The van der Waals surface area contributed by atoms with E-state index < -0.39 is 0 Å². The SMILES string of the molecule is CCC1CCN(C(C)C(O)CC)C1. The van der Waals surface area contributed by atoms with Crippen LogP contribution in [-0.2, 0) is 0 Å².